The molecule has 5 nitrogen and oxygen atoms in total. The molecular formula is C13H20FN3O2S. The lowest BCUT2D eigenvalue weighted by molar-refractivity contribution is 0.211. The lowest BCUT2D eigenvalue weighted by Crippen LogP contribution is -2.47. The van der Waals surface area contributed by atoms with Crippen LogP contribution in [-0.2, 0) is 10.0 Å². The number of sulfonamides is 1. The first kappa shape index (κ1) is 15.2. The van der Waals surface area contributed by atoms with Gasteiger partial charge in [0.2, 0.25) is 10.0 Å². The summed E-state index contributed by atoms with van der Waals surface area (Å²) >= 11 is 0. The fourth-order valence-electron chi connectivity index (χ4n) is 2.53. The van der Waals surface area contributed by atoms with Gasteiger partial charge in [0, 0.05) is 12.6 Å². The molecule has 1 atom stereocenters. The van der Waals surface area contributed by atoms with Crippen molar-refractivity contribution in [3.05, 3.63) is 24.0 Å². The Bertz CT molecular complexity index is 557. The summed E-state index contributed by atoms with van der Waals surface area (Å²) in [7, 11) is -3.93. The van der Waals surface area contributed by atoms with E-state index in [-0.39, 0.29) is 11.7 Å². The topological polar surface area (TPSA) is 75.4 Å². The Kier molecular flexibility index (Phi) is 4.62. The molecule has 1 aromatic rings. The third kappa shape index (κ3) is 3.28. The van der Waals surface area contributed by atoms with Crippen molar-refractivity contribution in [2.45, 2.75) is 30.7 Å². The van der Waals surface area contributed by atoms with E-state index in [9.17, 15) is 12.8 Å². The maximum atomic E-state index is 13.7. The summed E-state index contributed by atoms with van der Waals surface area (Å²) in [6, 6.07) is 3.68. The highest BCUT2D eigenvalue weighted by Gasteiger charge is 2.28. The summed E-state index contributed by atoms with van der Waals surface area (Å²) in [5.74, 6) is -0.819. The molecule has 0 saturated carbocycles. The van der Waals surface area contributed by atoms with Crippen LogP contribution in [0.5, 0.6) is 0 Å². The summed E-state index contributed by atoms with van der Waals surface area (Å²) in [5.41, 5.74) is 5.53. The average Bonchev–Trinajstić information content (AvgIpc) is 2.37. The second kappa shape index (κ2) is 6.07. The first-order valence-corrected chi connectivity index (χ1v) is 8.21. The molecule has 1 fully saturated rings. The fourth-order valence-corrected chi connectivity index (χ4v) is 3.98. The molecule has 7 heteroatoms. The molecule has 112 valence electrons. The Morgan fingerprint density at radius 2 is 2.25 bits per heavy atom. The Labute approximate surface area is 119 Å². The number of hydrogen-bond acceptors (Lipinski definition) is 4. The van der Waals surface area contributed by atoms with Crippen molar-refractivity contribution < 1.29 is 12.8 Å². The molecule has 2 rings (SSSR count). The number of nitrogen functional groups attached to an aromatic ring is 1. The lowest BCUT2D eigenvalue weighted by Gasteiger charge is -2.32. The first-order chi connectivity index (χ1) is 9.44. The highest BCUT2D eigenvalue weighted by molar-refractivity contribution is 7.89. The number of nitrogens with one attached hydrogen (secondary N) is 1. The SMILES string of the molecule is CCN1CCCC(NS(=O)(=O)c2c(N)cccc2F)C1. The van der Waals surface area contributed by atoms with Gasteiger partial charge in [-0.3, -0.25) is 0 Å². The van der Waals surface area contributed by atoms with Crippen molar-refractivity contribution in [2.75, 3.05) is 25.4 Å². The maximum Gasteiger partial charge on any atom is 0.245 e. The number of benzene rings is 1. The summed E-state index contributed by atoms with van der Waals surface area (Å²) in [6.07, 6.45) is 1.68. The van der Waals surface area contributed by atoms with Gasteiger partial charge in [0.15, 0.2) is 0 Å². The van der Waals surface area contributed by atoms with Crippen molar-refractivity contribution in [3.63, 3.8) is 0 Å². The highest BCUT2D eigenvalue weighted by Crippen LogP contribution is 2.22. The Morgan fingerprint density at radius 1 is 1.50 bits per heavy atom. The van der Waals surface area contributed by atoms with E-state index in [0.29, 0.717) is 6.54 Å². The van der Waals surface area contributed by atoms with E-state index in [1.165, 1.54) is 12.1 Å². The third-order valence-corrected chi connectivity index (χ3v) is 5.15. The van der Waals surface area contributed by atoms with Gasteiger partial charge in [0.1, 0.15) is 10.7 Å². The van der Waals surface area contributed by atoms with Crippen LogP contribution < -0.4 is 10.5 Å². The maximum absolute atomic E-state index is 13.7. The van der Waals surface area contributed by atoms with Crippen LogP contribution in [0.4, 0.5) is 10.1 Å². The van der Waals surface area contributed by atoms with Crippen LogP contribution in [-0.4, -0.2) is 39.0 Å². The molecule has 1 aromatic carbocycles. The average molecular weight is 301 g/mol. The van der Waals surface area contributed by atoms with Crippen molar-refractivity contribution in [1.29, 1.82) is 0 Å². The summed E-state index contributed by atoms with van der Waals surface area (Å²) < 4.78 is 40.9. The molecular weight excluding hydrogens is 281 g/mol. The Morgan fingerprint density at radius 3 is 2.90 bits per heavy atom. The normalized spacial score (nSPS) is 21.0. The number of nitrogens with zero attached hydrogens (tertiary/aromatic N) is 1. The lowest BCUT2D eigenvalue weighted by atomic mass is 10.1. The van der Waals surface area contributed by atoms with E-state index >= 15 is 0 Å². The number of likely N-dealkylation sites (N-methyl/N-ethyl adjacent to an activating group) is 1. The second-order valence-electron chi connectivity index (χ2n) is 5.01. The van der Waals surface area contributed by atoms with Crippen LogP contribution in [0.3, 0.4) is 0 Å². The molecule has 3 N–H and O–H groups in total. The fraction of sp³-hybridized carbons (Fsp3) is 0.538. The summed E-state index contributed by atoms with van der Waals surface area (Å²) in [6.45, 7) is 4.52. The van der Waals surface area contributed by atoms with E-state index in [0.717, 1.165) is 32.0 Å². The van der Waals surface area contributed by atoms with Crippen LogP contribution >= 0.6 is 0 Å². The molecule has 0 aliphatic carbocycles. The van der Waals surface area contributed by atoms with Gasteiger partial charge in [-0.2, -0.15) is 0 Å². The van der Waals surface area contributed by atoms with E-state index in [1.54, 1.807) is 0 Å². The van der Waals surface area contributed by atoms with Crippen molar-refractivity contribution >= 4 is 15.7 Å². The van der Waals surface area contributed by atoms with Gasteiger partial charge in [0.05, 0.1) is 5.69 Å². The molecule has 1 saturated heterocycles. The van der Waals surface area contributed by atoms with Gasteiger partial charge >= 0.3 is 0 Å². The second-order valence-corrected chi connectivity index (χ2v) is 6.66. The number of hydrogen-bond donors (Lipinski definition) is 2. The predicted molar refractivity (Wildman–Crippen MR) is 76.3 cm³/mol. The minimum absolute atomic E-state index is 0.0688. The first-order valence-electron chi connectivity index (χ1n) is 6.72. The van der Waals surface area contributed by atoms with E-state index < -0.39 is 20.7 Å². The van der Waals surface area contributed by atoms with Gasteiger partial charge in [-0.1, -0.05) is 13.0 Å². The van der Waals surface area contributed by atoms with Gasteiger partial charge in [-0.15, -0.1) is 0 Å². The zero-order chi connectivity index (χ0) is 14.8. The minimum atomic E-state index is -3.93. The zero-order valence-corrected chi connectivity index (χ0v) is 12.3. The van der Waals surface area contributed by atoms with Crippen LogP contribution in [0, 0.1) is 5.82 Å². The van der Waals surface area contributed by atoms with Gasteiger partial charge in [-0.25, -0.2) is 17.5 Å². The minimum Gasteiger partial charge on any atom is -0.398 e. The van der Waals surface area contributed by atoms with Gasteiger partial charge in [-0.05, 0) is 38.1 Å². The Balaban J connectivity index is 2.19. The number of rotatable bonds is 4. The van der Waals surface area contributed by atoms with E-state index in [1.807, 2.05) is 6.92 Å². The largest absolute Gasteiger partial charge is 0.398 e. The van der Waals surface area contributed by atoms with E-state index in [2.05, 4.69) is 9.62 Å². The standard InChI is InChI=1S/C13H20FN3O2S/c1-2-17-8-4-5-10(9-17)16-20(18,19)13-11(14)6-3-7-12(13)15/h3,6-7,10,16H,2,4-5,8-9,15H2,1H3. The molecule has 0 radical (unpaired) electrons. The van der Waals surface area contributed by atoms with Gasteiger partial charge in [0.25, 0.3) is 0 Å². The molecule has 0 amide bonds. The highest BCUT2D eigenvalue weighted by atomic mass is 32.2. The predicted octanol–water partition coefficient (Wildman–Crippen LogP) is 1.17. The van der Waals surface area contributed by atoms with Crippen LogP contribution in [0.2, 0.25) is 0 Å². The quantitative estimate of drug-likeness (QED) is 0.819. The number of halogens is 1. The summed E-state index contributed by atoms with van der Waals surface area (Å²) in [5, 5.41) is 0. The third-order valence-electron chi connectivity index (χ3n) is 3.54. The number of nitrogens with two attached hydrogens (primary N) is 1. The zero-order valence-electron chi connectivity index (χ0n) is 11.5. The van der Waals surface area contributed by atoms with Crippen molar-refractivity contribution in [2.24, 2.45) is 0 Å². The number of anilines is 1. The molecule has 0 aromatic heterocycles. The smallest absolute Gasteiger partial charge is 0.245 e. The van der Waals surface area contributed by atoms with Crippen LogP contribution in [0.1, 0.15) is 19.8 Å². The van der Waals surface area contributed by atoms with Crippen LogP contribution in [0.15, 0.2) is 23.1 Å². The van der Waals surface area contributed by atoms with Crippen molar-refractivity contribution in [3.8, 4) is 0 Å². The molecule has 1 aliphatic heterocycles. The molecule has 1 aliphatic rings. The summed E-state index contributed by atoms with van der Waals surface area (Å²) in [4.78, 5) is 1.72. The molecule has 20 heavy (non-hydrogen) atoms. The van der Waals surface area contributed by atoms with Crippen LogP contribution in [0.25, 0.3) is 0 Å². The van der Waals surface area contributed by atoms with Gasteiger partial charge < -0.3 is 10.6 Å². The van der Waals surface area contributed by atoms with E-state index in [4.69, 9.17) is 5.73 Å². The molecule has 1 heterocycles. The number of piperidine rings is 1. The monoisotopic (exact) mass is 301 g/mol. The molecule has 0 bridgehead atoms. The Hall–Kier alpha value is -1.18. The molecule has 1 unspecified atom stereocenters. The van der Waals surface area contributed by atoms with Crippen molar-refractivity contribution in [1.82, 2.24) is 9.62 Å². The molecule has 0 spiro atoms. The number of likely N-dealkylation sites (tertiary alicyclic amines) is 1.